The van der Waals surface area contributed by atoms with Gasteiger partial charge in [0.05, 0.1) is 12.0 Å². The summed E-state index contributed by atoms with van der Waals surface area (Å²) < 4.78 is 4.92. The van der Waals surface area contributed by atoms with Crippen LogP contribution in [-0.4, -0.2) is 23.5 Å². The molecule has 1 aromatic rings. The fourth-order valence-corrected chi connectivity index (χ4v) is 1.37. The number of rotatable bonds is 5. The first-order chi connectivity index (χ1) is 8.29. The highest BCUT2D eigenvalue weighted by Gasteiger charge is 2.29. The van der Waals surface area contributed by atoms with E-state index in [1.54, 1.807) is 19.9 Å². The number of benzene rings is 1. The Morgan fingerprint density at radius 1 is 1.50 bits per heavy atom. The lowest BCUT2D eigenvalue weighted by atomic mass is 10.0. The minimum Gasteiger partial charge on any atom is -0.490 e. The van der Waals surface area contributed by atoms with E-state index < -0.39 is 16.4 Å². The quantitative estimate of drug-likeness (QED) is 0.607. The fraction of sp³-hybridized carbons (Fsp3) is 0.364. The molecule has 0 fully saturated rings. The number of nitrogens with one attached hydrogen (secondary N) is 1. The number of carbonyl (C=O) groups excluding carboxylic acids is 1. The molecule has 0 bridgehead atoms. The molecule has 0 saturated heterocycles. The number of nitro benzene ring substituents is 1. The van der Waals surface area contributed by atoms with Gasteiger partial charge in [-0.1, -0.05) is 6.07 Å². The number of para-hydroxylation sites is 1. The second kappa shape index (κ2) is 4.91. The van der Waals surface area contributed by atoms with Gasteiger partial charge in [-0.25, -0.2) is 0 Å². The molecule has 18 heavy (non-hydrogen) atoms. The first-order valence-electron chi connectivity index (χ1n) is 5.19. The summed E-state index contributed by atoms with van der Waals surface area (Å²) in [6.07, 6.45) is 0. The molecule has 1 amide bonds. The van der Waals surface area contributed by atoms with Crippen molar-refractivity contribution in [2.45, 2.75) is 19.4 Å². The van der Waals surface area contributed by atoms with Crippen LogP contribution in [0.5, 0.6) is 5.75 Å². The van der Waals surface area contributed by atoms with E-state index in [-0.39, 0.29) is 17.1 Å². The number of primary amides is 1. The lowest BCUT2D eigenvalue weighted by Crippen LogP contribution is -2.45. The summed E-state index contributed by atoms with van der Waals surface area (Å²) in [4.78, 5) is 21.7. The van der Waals surface area contributed by atoms with Gasteiger partial charge in [-0.15, -0.1) is 0 Å². The average Bonchev–Trinajstić information content (AvgIpc) is 2.27. The Kier molecular flexibility index (Phi) is 3.75. The van der Waals surface area contributed by atoms with Gasteiger partial charge in [0, 0.05) is 0 Å². The molecule has 0 heterocycles. The Labute approximate surface area is 104 Å². The molecule has 0 spiro atoms. The summed E-state index contributed by atoms with van der Waals surface area (Å²) in [6.45, 7) is 3.08. The average molecular weight is 253 g/mol. The van der Waals surface area contributed by atoms with E-state index >= 15 is 0 Å². The highest BCUT2D eigenvalue weighted by atomic mass is 16.6. The lowest BCUT2D eigenvalue weighted by molar-refractivity contribution is -0.384. The van der Waals surface area contributed by atoms with Gasteiger partial charge < -0.3 is 15.8 Å². The zero-order chi connectivity index (χ0) is 13.9. The first kappa shape index (κ1) is 13.8. The van der Waals surface area contributed by atoms with E-state index in [1.165, 1.54) is 19.2 Å². The molecule has 3 N–H and O–H groups in total. The molecule has 1 rings (SSSR count). The summed E-state index contributed by atoms with van der Waals surface area (Å²) in [7, 11) is 1.34. The maximum Gasteiger partial charge on any atom is 0.333 e. The van der Waals surface area contributed by atoms with Crippen LogP contribution in [0.15, 0.2) is 18.2 Å². The van der Waals surface area contributed by atoms with Crippen molar-refractivity contribution >= 4 is 17.3 Å². The number of methoxy groups -OCH3 is 1. The molecule has 0 atom stereocenters. The van der Waals surface area contributed by atoms with Crippen LogP contribution in [0.1, 0.15) is 13.8 Å². The summed E-state index contributed by atoms with van der Waals surface area (Å²) >= 11 is 0. The third-order valence-electron chi connectivity index (χ3n) is 2.46. The number of anilines is 1. The highest BCUT2D eigenvalue weighted by molar-refractivity contribution is 5.88. The number of hydrogen-bond acceptors (Lipinski definition) is 5. The molecule has 7 heteroatoms. The minimum absolute atomic E-state index is 0.116. The summed E-state index contributed by atoms with van der Waals surface area (Å²) in [6, 6.07) is 4.55. The maximum absolute atomic E-state index is 11.2. The topological polar surface area (TPSA) is 107 Å². The molecule has 0 aliphatic carbocycles. The SMILES string of the molecule is COc1cccc(NC(C)(C)C(N)=O)c1[N+](=O)[O-]. The van der Waals surface area contributed by atoms with Gasteiger partial charge in [0.2, 0.25) is 5.91 Å². The van der Waals surface area contributed by atoms with E-state index in [0.717, 1.165) is 0 Å². The summed E-state index contributed by atoms with van der Waals surface area (Å²) in [5, 5.41) is 13.8. The zero-order valence-electron chi connectivity index (χ0n) is 10.4. The number of amides is 1. The highest BCUT2D eigenvalue weighted by Crippen LogP contribution is 2.35. The van der Waals surface area contributed by atoms with E-state index in [2.05, 4.69) is 5.32 Å². The van der Waals surface area contributed by atoms with Crippen molar-refractivity contribution < 1.29 is 14.5 Å². The van der Waals surface area contributed by atoms with Gasteiger partial charge in [0.15, 0.2) is 5.75 Å². The minimum atomic E-state index is -1.10. The van der Waals surface area contributed by atoms with Crippen molar-refractivity contribution in [3.05, 3.63) is 28.3 Å². The Bertz CT molecular complexity index is 485. The smallest absolute Gasteiger partial charge is 0.333 e. The second-order valence-electron chi connectivity index (χ2n) is 4.23. The Balaban J connectivity index is 3.25. The molecule has 0 saturated carbocycles. The van der Waals surface area contributed by atoms with Gasteiger partial charge >= 0.3 is 5.69 Å². The molecule has 7 nitrogen and oxygen atoms in total. The number of nitrogens with zero attached hydrogens (tertiary/aromatic N) is 1. The number of ether oxygens (including phenoxy) is 1. The van der Waals surface area contributed by atoms with Crippen LogP contribution in [0.3, 0.4) is 0 Å². The van der Waals surface area contributed by atoms with Crippen LogP contribution in [-0.2, 0) is 4.79 Å². The molecule has 0 radical (unpaired) electrons. The third kappa shape index (κ3) is 2.68. The standard InChI is InChI=1S/C11H15N3O4/c1-11(2,10(12)15)13-7-5-4-6-8(18-3)9(7)14(16)17/h4-6,13H,1-3H3,(H2,12,15). The van der Waals surface area contributed by atoms with Crippen molar-refractivity contribution in [1.29, 1.82) is 0 Å². The van der Waals surface area contributed by atoms with Gasteiger partial charge in [-0.05, 0) is 26.0 Å². The number of nitro groups is 1. The summed E-state index contributed by atoms with van der Waals surface area (Å²) in [5.74, 6) is -0.495. The Morgan fingerprint density at radius 3 is 2.56 bits per heavy atom. The second-order valence-corrected chi connectivity index (χ2v) is 4.23. The van der Waals surface area contributed by atoms with Crippen LogP contribution in [0.4, 0.5) is 11.4 Å². The molecule has 0 aromatic heterocycles. The van der Waals surface area contributed by atoms with Crippen LogP contribution >= 0.6 is 0 Å². The number of nitrogens with two attached hydrogens (primary N) is 1. The Hall–Kier alpha value is -2.31. The molecule has 0 aliphatic heterocycles. The normalized spacial score (nSPS) is 10.8. The number of hydrogen-bond donors (Lipinski definition) is 2. The van der Waals surface area contributed by atoms with Gasteiger partial charge in [0.25, 0.3) is 0 Å². The molecular formula is C11H15N3O4. The van der Waals surface area contributed by atoms with E-state index in [4.69, 9.17) is 10.5 Å². The van der Waals surface area contributed by atoms with Gasteiger partial charge in [0.1, 0.15) is 11.2 Å². The number of carbonyl (C=O) groups is 1. The monoisotopic (exact) mass is 253 g/mol. The van der Waals surface area contributed by atoms with Crippen molar-refractivity contribution in [2.24, 2.45) is 5.73 Å². The summed E-state index contributed by atoms with van der Waals surface area (Å²) in [5.41, 5.74) is 4.07. The van der Waals surface area contributed by atoms with Crippen molar-refractivity contribution in [1.82, 2.24) is 0 Å². The fourth-order valence-electron chi connectivity index (χ4n) is 1.37. The lowest BCUT2D eigenvalue weighted by Gasteiger charge is -2.23. The van der Waals surface area contributed by atoms with E-state index in [9.17, 15) is 14.9 Å². The van der Waals surface area contributed by atoms with E-state index in [1.807, 2.05) is 0 Å². The third-order valence-corrected chi connectivity index (χ3v) is 2.46. The largest absolute Gasteiger partial charge is 0.490 e. The van der Waals surface area contributed by atoms with Crippen LogP contribution in [0.25, 0.3) is 0 Å². The van der Waals surface area contributed by atoms with Crippen molar-refractivity contribution in [3.63, 3.8) is 0 Å². The molecule has 1 aromatic carbocycles. The van der Waals surface area contributed by atoms with Gasteiger partial charge in [-0.3, -0.25) is 14.9 Å². The zero-order valence-corrected chi connectivity index (χ0v) is 10.4. The van der Waals surface area contributed by atoms with Crippen LogP contribution in [0.2, 0.25) is 0 Å². The first-order valence-corrected chi connectivity index (χ1v) is 5.19. The predicted molar refractivity (Wildman–Crippen MR) is 66.5 cm³/mol. The van der Waals surface area contributed by atoms with E-state index in [0.29, 0.717) is 0 Å². The maximum atomic E-state index is 11.2. The van der Waals surface area contributed by atoms with Crippen LogP contribution < -0.4 is 15.8 Å². The van der Waals surface area contributed by atoms with Crippen molar-refractivity contribution in [2.75, 3.05) is 12.4 Å². The molecule has 0 aliphatic rings. The predicted octanol–water partition coefficient (Wildman–Crippen LogP) is 1.28. The molecule has 0 unspecified atom stereocenters. The Morgan fingerprint density at radius 2 is 2.11 bits per heavy atom. The van der Waals surface area contributed by atoms with Crippen molar-refractivity contribution in [3.8, 4) is 5.75 Å². The molecular weight excluding hydrogens is 238 g/mol. The molecule has 98 valence electrons. The van der Waals surface area contributed by atoms with Gasteiger partial charge in [-0.2, -0.15) is 0 Å². The van der Waals surface area contributed by atoms with Crippen LogP contribution in [0, 0.1) is 10.1 Å².